The first-order chi connectivity index (χ1) is 14.7. The molecule has 13 heteroatoms. The molecule has 0 fully saturated rings. The van der Waals surface area contributed by atoms with Crippen molar-refractivity contribution >= 4 is 61.6 Å². The average Bonchev–Trinajstić information content (AvgIpc) is 3.39. The zero-order valence-corrected chi connectivity index (χ0v) is 19.0. The van der Waals surface area contributed by atoms with E-state index >= 15 is 0 Å². The van der Waals surface area contributed by atoms with Crippen LogP contribution < -0.4 is 11.1 Å². The lowest BCUT2D eigenvalue weighted by molar-refractivity contribution is 0.100. The van der Waals surface area contributed by atoms with Gasteiger partial charge in [0.1, 0.15) is 21.1 Å². The number of pyridine rings is 1. The van der Waals surface area contributed by atoms with Gasteiger partial charge in [0.25, 0.3) is 18.2 Å². The number of aryl methyl sites for hydroxylation is 1. The lowest BCUT2D eigenvalue weighted by Gasteiger charge is -2.10. The number of nitrogens with zero attached hydrogens (tertiary/aromatic N) is 4. The molecular weight excluding hydrogens is 543 g/mol. The molecule has 0 radical (unpaired) electrons. The molecule has 31 heavy (non-hydrogen) atoms. The van der Waals surface area contributed by atoms with Crippen molar-refractivity contribution in [1.29, 1.82) is 0 Å². The van der Waals surface area contributed by atoms with E-state index in [2.05, 4.69) is 25.6 Å². The van der Waals surface area contributed by atoms with Gasteiger partial charge in [-0.05, 0) is 41.1 Å². The number of aromatic nitrogens is 5. The van der Waals surface area contributed by atoms with Gasteiger partial charge in [0.2, 0.25) is 0 Å². The van der Waals surface area contributed by atoms with Gasteiger partial charge >= 0.3 is 0 Å². The normalized spacial score (nSPS) is 11.4. The SMILES string of the molecule is Cc1c(-c2cc(C(F)F)nc3sc(C(N)=O)c(NC(=O)c4[nH]ncc4I)c23)cnn1C. The van der Waals surface area contributed by atoms with E-state index in [9.17, 15) is 18.4 Å². The molecule has 4 aromatic heterocycles. The predicted octanol–water partition coefficient (Wildman–Crippen LogP) is 3.62. The Morgan fingerprint density at radius 3 is 2.61 bits per heavy atom. The van der Waals surface area contributed by atoms with E-state index in [0.29, 0.717) is 25.8 Å². The topological polar surface area (TPSA) is 132 Å². The molecule has 0 aromatic carbocycles. The lowest BCUT2D eigenvalue weighted by Crippen LogP contribution is -2.17. The number of hydrogen-bond donors (Lipinski definition) is 3. The summed E-state index contributed by atoms with van der Waals surface area (Å²) in [6.45, 7) is 1.78. The molecule has 0 atom stereocenters. The fraction of sp³-hybridized carbons (Fsp3) is 0.167. The van der Waals surface area contributed by atoms with Crippen molar-refractivity contribution in [2.45, 2.75) is 13.3 Å². The Labute approximate surface area is 191 Å². The summed E-state index contributed by atoms with van der Waals surface area (Å²) >= 11 is 2.78. The molecule has 0 spiro atoms. The van der Waals surface area contributed by atoms with E-state index in [1.165, 1.54) is 18.5 Å². The standard InChI is InChI=1S/C18H14F2IN7O2S/c1-6-8(4-24-28(6)2)7-3-10(15(19)20)25-18-11(7)13(14(31-18)16(22)29)26-17(30)12-9(21)5-23-27-12/h3-5,15H,1-2H3,(H2,22,29)(H,23,27)(H,26,30). The molecule has 0 saturated carbocycles. The van der Waals surface area contributed by atoms with Crippen LogP contribution in [0.1, 0.15) is 38.0 Å². The Balaban J connectivity index is 2.01. The molecule has 4 N–H and O–H groups in total. The van der Waals surface area contributed by atoms with E-state index in [-0.39, 0.29) is 21.1 Å². The number of carbonyl (C=O) groups excluding carboxylic acids is 2. The molecule has 4 heterocycles. The van der Waals surface area contributed by atoms with Crippen molar-refractivity contribution in [3.63, 3.8) is 0 Å². The van der Waals surface area contributed by atoms with Crippen LogP contribution in [0.5, 0.6) is 0 Å². The zero-order chi connectivity index (χ0) is 22.4. The van der Waals surface area contributed by atoms with Gasteiger partial charge in [0, 0.05) is 23.7 Å². The Hall–Kier alpha value is -2.94. The second-order valence-corrected chi connectivity index (χ2v) is 8.72. The van der Waals surface area contributed by atoms with Crippen molar-refractivity contribution in [1.82, 2.24) is 25.0 Å². The molecule has 0 bridgehead atoms. The van der Waals surface area contributed by atoms with Gasteiger partial charge < -0.3 is 11.1 Å². The van der Waals surface area contributed by atoms with Gasteiger partial charge in [-0.15, -0.1) is 11.3 Å². The van der Waals surface area contributed by atoms with Crippen LogP contribution in [0.25, 0.3) is 21.3 Å². The number of nitrogens with one attached hydrogen (secondary N) is 2. The third-order valence-corrected chi connectivity index (χ3v) is 6.63. The number of fused-ring (bicyclic) bond motifs is 1. The number of carbonyl (C=O) groups is 2. The van der Waals surface area contributed by atoms with Gasteiger partial charge in [0.05, 0.1) is 21.7 Å². The summed E-state index contributed by atoms with van der Waals surface area (Å²) in [5.41, 5.74) is 7.01. The van der Waals surface area contributed by atoms with Crippen LogP contribution in [-0.4, -0.2) is 36.8 Å². The Kier molecular flexibility index (Phi) is 5.47. The number of thiophene rings is 1. The highest BCUT2D eigenvalue weighted by Crippen LogP contribution is 2.43. The highest BCUT2D eigenvalue weighted by Gasteiger charge is 2.27. The molecule has 0 unspecified atom stereocenters. The van der Waals surface area contributed by atoms with Crippen molar-refractivity contribution in [3.05, 3.63) is 44.0 Å². The van der Waals surface area contributed by atoms with Gasteiger partial charge in [-0.1, -0.05) is 0 Å². The Morgan fingerprint density at radius 2 is 2.06 bits per heavy atom. The number of rotatable bonds is 5. The number of alkyl halides is 2. The summed E-state index contributed by atoms with van der Waals surface area (Å²) in [5.74, 6) is -1.37. The number of anilines is 1. The number of aromatic amines is 1. The van der Waals surface area contributed by atoms with Crippen LogP contribution in [0.15, 0.2) is 18.5 Å². The summed E-state index contributed by atoms with van der Waals surface area (Å²) in [7, 11) is 1.72. The van der Waals surface area contributed by atoms with Gasteiger partial charge in [-0.3, -0.25) is 19.4 Å². The summed E-state index contributed by atoms with van der Waals surface area (Å²) in [5, 5.41) is 13.6. The van der Waals surface area contributed by atoms with Crippen LogP contribution in [0.4, 0.5) is 14.5 Å². The molecule has 0 aliphatic rings. The minimum Gasteiger partial charge on any atom is -0.365 e. The molecule has 0 aliphatic heterocycles. The first kappa shape index (κ1) is 21.3. The Bertz CT molecular complexity index is 1340. The summed E-state index contributed by atoms with van der Waals surface area (Å²) in [6.07, 6.45) is 0.172. The number of nitrogens with two attached hydrogens (primary N) is 1. The number of amides is 2. The maximum absolute atomic E-state index is 13.6. The van der Waals surface area contributed by atoms with Crippen molar-refractivity contribution in [3.8, 4) is 11.1 Å². The largest absolute Gasteiger partial charge is 0.365 e. The first-order valence-corrected chi connectivity index (χ1v) is 10.6. The van der Waals surface area contributed by atoms with Crippen LogP contribution in [-0.2, 0) is 7.05 Å². The van der Waals surface area contributed by atoms with Crippen LogP contribution in [0, 0.1) is 10.5 Å². The van der Waals surface area contributed by atoms with Crippen molar-refractivity contribution < 1.29 is 18.4 Å². The van der Waals surface area contributed by atoms with Gasteiger partial charge in [-0.25, -0.2) is 13.8 Å². The van der Waals surface area contributed by atoms with E-state index < -0.39 is 23.9 Å². The molecule has 160 valence electrons. The molecule has 4 aromatic rings. The Morgan fingerprint density at radius 1 is 1.32 bits per heavy atom. The number of halogens is 3. The maximum atomic E-state index is 13.6. The molecule has 9 nitrogen and oxygen atoms in total. The quantitative estimate of drug-likeness (QED) is 0.323. The molecule has 0 aliphatic carbocycles. The predicted molar refractivity (Wildman–Crippen MR) is 119 cm³/mol. The summed E-state index contributed by atoms with van der Waals surface area (Å²) < 4.78 is 29.3. The maximum Gasteiger partial charge on any atom is 0.280 e. The second-order valence-electron chi connectivity index (χ2n) is 6.56. The number of hydrogen-bond acceptors (Lipinski definition) is 6. The molecule has 2 amide bonds. The monoisotopic (exact) mass is 557 g/mol. The highest BCUT2D eigenvalue weighted by molar-refractivity contribution is 14.1. The lowest BCUT2D eigenvalue weighted by atomic mass is 10.0. The minimum absolute atomic E-state index is 0.000386. The summed E-state index contributed by atoms with van der Waals surface area (Å²) in [6, 6.07) is 1.24. The van der Waals surface area contributed by atoms with Gasteiger partial charge in [-0.2, -0.15) is 10.2 Å². The van der Waals surface area contributed by atoms with Crippen LogP contribution in [0.3, 0.4) is 0 Å². The summed E-state index contributed by atoms with van der Waals surface area (Å²) in [4.78, 5) is 29.1. The van der Waals surface area contributed by atoms with E-state index in [1.807, 2.05) is 22.6 Å². The van der Waals surface area contributed by atoms with E-state index in [4.69, 9.17) is 5.73 Å². The number of H-pyrrole nitrogens is 1. The van der Waals surface area contributed by atoms with Crippen LogP contribution >= 0.6 is 33.9 Å². The third kappa shape index (κ3) is 3.67. The smallest absolute Gasteiger partial charge is 0.280 e. The van der Waals surface area contributed by atoms with Crippen molar-refractivity contribution in [2.75, 3.05) is 5.32 Å². The van der Waals surface area contributed by atoms with Gasteiger partial charge in [0.15, 0.2) is 0 Å². The molecular formula is C18H14F2IN7O2S. The zero-order valence-electron chi connectivity index (χ0n) is 16.0. The minimum atomic E-state index is -2.83. The van der Waals surface area contributed by atoms with E-state index in [1.54, 1.807) is 18.7 Å². The fourth-order valence-corrected chi connectivity index (χ4v) is 4.62. The fourth-order valence-electron chi connectivity index (χ4n) is 3.10. The van der Waals surface area contributed by atoms with E-state index in [0.717, 1.165) is 11.3 Å². The van der Waals surface area contributed by atoms with Crippen molar-refractivity contribution in [2.24, 2.45) is 12.8 Å². The highest BCUT2D eigenvalue weighted by atomic mass is 127. The third-order valence-electron chi connectivity index (χ3n) is 4.71. The molecule has 0 saturated heterocycles. The average molecular weight is 557 g/mol. The second kappa shape index (κ2) is 7.96. The molecule has 4 rings (SSSR count). The first-order valence-electron chi connectivity index (χ1n) is 8.73. The number of primary amides is 1. The van der Waals surface area contributed by atoms with Crippen LogP contribution in [0.2, 0.25) is 0 Å².